The molecule has 0 bridgehead atoms. The Morgan fingerprint density at radius 3 is 2.25 bits per heavy atom. The first-order valence-corrected chi connectivity index (χ1v) is 2.39. The largest absolute Gasteiger partial charge is 0.205 e. The van der Waals surface area contributed by atoms with Crippen molar-refractivity contribution in [3.8, 4) is 0 Å². The Morgan fingerprint density at radius 1 is 1.62 bits per heavy atom. The molecule has 44 valence electrons. The Hall–Kier alpha value is -0.560. The predicted molar refractivity (Wildman–Crippen MR) is 34.4 cm³/mol. The summed E-state index contributed by atoms with van der Waals surface area (Å²) in [7, 11) is 0. The summed E-state index contributed by atoms with van der Waals surface area (Å²) in [5, 5.41) is -0.0927. The van der Waals surface area contributed by atoms with E-state index in [2.05, 4.69) is 13.2 Å². The molecule has 0 amide bonds. The van der Waals surface area contributed by atoms with Gasteiger partial charge < -0.3 is 0 Å². The molecule has 0 radical (unpaired) electrons. The molecule has 2 heteroatoms. The molecule has 0 N–H and O–H groups in total. The van der Waals surface area contributed by atoms with Gasteiger partial charge in [0.2, 0.25) is 0 Å². The fraction of sp³-hybridized carbons (Fsp3) is 0. The standard InChI is InChI=1S/C6H6ClF/c1-3-4-6(8)5(2)7/h3-4H,1-2H2/b6-4+. The summed E-state index contributed by atoms with van der Waals surface area (Å²) in [4.78, 5) is 0. The highest BCUT2D eigenvalue weighted by Gasteiger charge is 1.91. The highest BCUT2D eigenvalue weighted by atomic mass is 35.5. The van der Waals surface area contributed by atoms with E-state index in [1.54, 1.807) is 0 Å². The van der Waals surface area contributed by atoms with Crippen LogP contribution in [0.2, 0.25) is 0 Å². The topological polar surface area (TPSA) is 0 Å². The SMILES string of the molecule is C=C/C=C(/F)C(=C)Cl. The van der Waals surface area contributed by atoms with E-state index in [4.69, 9.17) is 11.6 Å². The maximum absolute atomic E-state index is 12.1. The summed E-state index contributed by atoms with van der Waals surface area (Å²) in [6.45, 7) is 6.41. The van der Waals surface area contributed by atoms with Crippen LogP contribution in [0.25, 0.3) is 0 Å². The van der Waals surface area contributed by atoms with E-state index in [0.717, 1.165) is 6.08 Å². The number of allylic oxidation sites excluding steroid dienone is 4. The molecule has 8 heavy (non-hydrogen) atoms. The van der Waals surface area contributed by atoms with Gasteiger partial charge in [0.05, 0.1) is 5.03 Å². The molecule has 0 saturated carbocycles. The molecule has 0 saturated heterocycles. The van der Waals surface area contributed by atoms with Crippen molar-refractivity contribution in [2.24, 2.45) is 0 Å². The van der Waals surface area contributed by atoms with Gasteiger partial charge in [0.15, 0.2) is 0 Å². The Morgan fingerprint density at radius 2 is 2.12 bits per heavy atom. The van der Waals surface area contributed by atoms with Gasteiger partial charge in [-0.25, -0.2) is 4.39 Å². The molecule has 0 aliphatic heterocycles. The minimum Gasteiger partial charge on any atom is -0.205 e. The molecule has 0 aliphatic carbocycles. The van der Waals surface area contributed by atoms with Crippen molar-refractivity contribution in [3.05, 3.63) is 36.2 Å². The lowest BCUT2D eigenvalue weighted by atomic mass is 10.4. The lowest BCUT2D eigenvalue weighted by molar-refractivity contribution is 0.663. The molecule has 0 heterocycles. The van der Waals surface area contributed by atoms with Crippen molar-refractivity contribution in [3.63, 3.8) is 0 Å². The summed E-state index contributed by atoms with van der Waals surface area (Å²) >= 11 is 5.12. The molecule has 0 aromatic heterocycles. The minimum atomic E-state index is -0.540. The van der Waals surface area contributed by atoms with Crippen molar-refractivity contribution in [1.82, 2.24) is 0 Å². The Kier molecular flexibility index (Phi) is 3.20. The summed E-state index contributed by atoms with van der Waals surface area (Å²) in [5.74, 6) is -0.540. The van der Waals surface area contributed by atoms with Gasteiger partial charge in [-0.3, -0.25) is 0 Å². The van der Waals surface area contributed by atoms with Crippen molar-refractivity contribution >= 4 is 11.6 Å². The number of hydrogen-bond donors (Lipinski definition) is 0. The zero-order valence-corrected chi connectivity index (χ0v) is 5.08. The third-order valence-corrected chi connectivity index (χ3v) is 0.704. The molecule has 0 spiro atoms. The summed E-state index contributed by atoms with van der Waals surface area (Å²) in [5.41, 5.74) is 0. The van der Waals surface area contributed by atoms with Gasteiger partial charge in [-0.05, 0) is 6.08 Å². The Balaban J connectivity index is 3.99. The van der Waals surface area contributed by atoms with Crippen LogP contribution in [-0.4, -0.2) is 0 Å². The van der Waals surface area contributed by atoms with E-state index in [1.807, 2.05) is 0 Å². The average molecular weight is 133 g/mol. The zero-order valence-electron chi connectivity index (χ0n) is 4.32. The Bertz CT molecular complexity index is 135. The lowest BCUT2D eigenvalue weighted by Gasteiger charge is -1.84. The molecular weight excluding hydrogens is 127 g/mol. The van der Waals surface area contributed by atoms with Crippen LogP contribution in [0.5, 0.6) is 0 Å². The number of rotatable bonds is 2. The summed E-state index contributed by atoms with van der Waals surface area (Å²) in [6, 6.07) is 0. The van der Waals surface area contributed by atoms with Crippen LogP contribution in [0.15, 0.2) is 36.2 Å². The number of hydrogen-bond acceptors (Lipinski definition) is 0. The van der Waals surface area contributed by atoms with Gasteiger partial charge in [-0.15, -0.1) is 0 Å². The fourth-order valence-corrected chi connectivity index (χ4v) is 0.257. The smallest absolute Gasteiger partial charge is 0.141 e. The van der Waals surface area contributed by atoms with Gasteiger partial charge in [0.25, 0.3) is 0 Å². The van der Waals surface area contributed by atoms with E-state index >= 15 is 0 Å². The van der Waals surface area contributed by atoms with E-state index in [-0.39, 0.29) is 5.03 Å². The summed E-state index contributed by atoms with van der Waals surface area (Å²) < 4.78 is 12.1. The van der Waals surface area contributed by atoms with Crippen LogP contribution in [0.1, 0.15) is 0 Å². The van der Waals surface area contributed by atoms with E-state index in [9.17, 15) is 4.39 Å². The maximum Gasteiger partial charge on any atom is 0.141 e. The molecule has 0 atom stereocenters. The molecule has 0 nitrogen and oxygen atoms in total. The van der Waals surface area contributed by atoms with Crippen molar-refractivity contribution in [2.75, 3.05) is 0 Å². The zero-order chi connectivity index (χ0) is 6.57. The molecule has 0 unspecified atom stereocenters. The molecular formula is C6H6ClF. The fourth-order valence-electron chi connectivity index (χ4n) is 0.194. The highest BCUT2D eigenvalue weighted by Crippen LogP contribution is 2.12. The van der Waals surface area contributed by atoms with Crippen LogP contribution < -0.4 is 0 Å². The quantitative estimate of drug-likeness (QED) is 0.507. The van der Waals surface area contributed by atoms with Gasteiger partial charge in [-0.1, -0.05) is 30.8 Å². The lowest BCUT2D eigenvalue weighted by Crippen LogP contribution is -1.66. The molecule has 0 rings (SSSR count). The first-order valence-electron chi connectivity index (χ1n) is 2.01. The molecule has 0 fully saturated rings. The third-order valence-electron chi connectivity index (χ3n) is 0.523. The maximum atomic E-state index is 12.1. The first-order chi connectivity index (χ1) is 3.68. The van der Waals surface area contributed by atoms with E-state index < -0.39 is 5.83 Å². The molecule has 0 aromatic carbocycles. The van der Waals surface area contributed by atoms with Gasteiger partial charge >= 0.3 is 0 Å². The second-order valence-corrected chi connectivity index (χ2v) is 1.61. The minimum absolute atomic E-state index is 0.0927. The van der Waals surface area contributed by atoms with Crippen LogP contribution in [0, 0.1) is 0 Å². The van der Waals surface area contributed by atoms with Gasteiger partial charge in [0.1, 0.15) is 5.83 Å². The Labute approximate surface area is 53.0 Å². The second-order valence-electron chi connectivity index (χ2n) is 1.16. The molecule has 0 aliphatic rings. The number of halogens is 2. The van der Waals surface area contributed by atoms with E-state index in [1.165, 1.54) is 6.08 Å². The predicted octanol–water partition coefficient (Wildman–Crippen LogP) is 2.78. The van der Waals surface area contributed by atoms with Crippen LogP contribution in [0.4, 0.5) is 4.39 Å². The van der Waals surface area contributed by atoms with Crippen molar-refractivity contribution in [2.45, 2.75) is 0 Å². The summed E-state index contributed by atoms with van der Waals surface area (Å²) in [6.07, 6.45) is 2.46. The average Bonchev–Trinajstić information content (AvgIpc) is 1.67. The van der Waals surface area contributed by atoms with Gasteiger partial charge in [-0.2, -0.15) is 0 Å². The van der Waals surface area contributed by atoms with Gasteiger partial charge in [0, 0.05) is 0 Å². The molecule has 0 aromatic rings. The third kappa shape index (κ3) is 2.59. The van der Waals surface area contributed by atoms with Crippen LogP contribution in [-0.2, 0) is 0 Å². The van der Waals surface area contributed by atoms with Crippen LogP contribution in [0.3, 0.4) is 0 Å². The monoisotopic (exact) mass is 132 g/mol. The first kappa shape index (κ1) is 7.44. The highest BCUT2D eigenvalue weighted by molar-refractivity contribution is 6.31. The van der Waals surface area contributed by atoms with Crippen molar-refractivity contribution in [1.29, 1.82) is 0 Å². The van der Waals surface area contributed by atoms with E-state index in [0.29, 0.717) is 0 Å². The van der Waals surface area contributed by atoms with Crippen LogP contribution >= 0.6 is 11.6 Å². The normalized spacial score (nSPS) is 11.0. The van der Waals surface area contributed by atoms with Crippen molar-refractivity contribution < 1.29 is 4.39 Å². The second kappa shape index (κ2) is 3.44.